The summed E-state index contributed by atoms with van der Waals surface area (Å²) >= 11 is 0. The average molecular weight is 287 g/mol. The molecule has 0 saturated carbocycles. The minimum absolute atomic E-state index is 0.285. The maximum Gasteiger partial charge on any atom is 0.299 e. The average Bonchev–Trinajstić information content (AvgIpc) is 2.38. The molecule has 6 nitrogen and oxygen atoms in total. The van der Waals surface area contributed by atoms with Gasteiger partial charge in [0.2, 0.25) is 0 Å². The first-order valence-electron chi connectivity index (χ1n) is 6.25. The van der Waals surface area contributed by atoms with Crippen molar-refractivity contribution in [1.82, 2.24) is 4.72 Å². The van der Waals surface area contributed by atoms with Gasteiger partial charge in [0, 0.05) is 18.7 Å². The van der Waals surface area contributed by atoms with Crippen molar-refractivity contribution in [3.05, 3.63) is 23.8 Å². The molecule has 1 aromatic carbocycles. The Kier molecular flexibility index (Phi) is 6.07. The van der Waals surface area contributed by atoms with Crippen LogP contribution in [0.5, 0.6) is 5.75 Å². The normalized spacial score (nSPS) is 11.3. The van der Waals surface area contributed by atoms with E-state index in [0.29, 0.717) is 24.6 Å². The molecule has 0 radical (unpaired) electrons. The fourth-order valence-corrected chi connectivity index (χ4v) is 2.51. The molecule has 0 unspecified atom stereocenters. The van der Waals surface area contributed by atoms with Crippen LogP contribution in [-0.2, 0) is 16.8 Å². The van der Waals surface area contributed by atoms with E-state index >= 15 is 0 Å². The van der Waals surface area contributed by atoms with E-state index in [1.807, 2.05) is 13.8 Å². The summed E-state index contributed by atoms with van der Waals surface area (Å²) in [6, 6.07) is 5.04. The van der Waals surface area contributed by atoms with Gasteiger partial charge < -0.3 is 10.5 Å². The fraction of sp³-hybridized carbons (Fsp3) is 0.500. The molecular formula is C12H21N3O3S. The lowest BCUT2D eigenvalue weighted by atomic mass is 10.2. The molecule has 0 bridgehead atoms. The zero-order valence-corrected chi connectivity index (χ0v) is 12.1. The van der Waals surface area contributed by atoms with Crippen LogP contribution in [0.3, 0.4) is 0 Å². The second kappa shape index (κ2) is 7.32. The van der Waals surface area contributed by atoms with Crippen LogP contribution in [0.4, 0.5) is 5.69 Å². The van der Waals surface area contributed by atoms with Crippen molar-refractivity contribution in [2.45, 2.75) is 26.8 Å². The number of benzene rings is 1. The third kappa shape index (κ3) is 5.06. The first-order chi connectivity index (χ1) is 9.02. The molecule has 108 valence electrons. The molecule has 0 aromatic heterocycles. The standard InChI is InChI=1S/C12H21N3O3S/c1-3-7-14-19(16,17)15-11-5-6-12(18-4-2)10(8-11)9-13/h5-6,8,14-15H,3-4,7,9,13H2,1-2H3. The predicted molar refractivity (Wildman–Crippen MR) is 76.3 cm³/mol. The Morgan fingerprint density at radius 2 is 2.05 bits per heavy atom. The molecule has 4 N–H and O–H groups in total. The van der Waals surface area contributed by atoms with Crippen molar-refractivity contribution in [2.75, 3.05) is 17.9 Å². The first kappa shape index (κ1) is 15.7. The van der Waals surface area contributed by atoms with Crippen LogP contribution >= 0.6 is 0 Å². The Morgan fingerprint density at radius 3 is 2.63 bits per heavy atom. The monoisotopic (exact) mass is 287 g/mol. The Labute approximate surface area is 114 Å². The van der Waals surface area contributed by atoms with Gasteiger partial charge in [0.15, 0.2) is 0 Å². The molecule has 0 atom stereocenters. The topological polar surface area (TPSA) is 93.5 Å². The molecule has 0 amide bonds. The fourth-order valence-electron chi connectivity index (χ4n) is 1.53. The number of nitrogens with two attached hydrogens (primary N) is 1. The number of rotatable bonds is 8. The van der Waals surface area contributed by atoms with Crippen LogP contribution in [0, 0.1) is 0 Å². The zero-order chi connectivity index (χ0) is 14.3. The number of ether oxygens (including phenoxy) is 1. The maximum atomic E-state index is 11.7. The third-order valence-electron chi connectivity index (χ3n) is 2.37. The van der Waals surface area contributed by atoms with Gasteiger partial charge in [0.25, 0.3) is 10.2 Å². The minimum atomic E-state index is -3.53. The van der Waals surface area contributed by atoms with Gasteiger partial charge in [-0.1, -0.05) is 6.92 Å². The van der Waals surface area contributed by atoms with E-state index in [2.05, 4.69) is 9.44 Å². The van der Waals surface area contributed by atoms with E-state index in [1.165, 1.54) is 0 Å². The Bertz CT molecular complexity index is 503. The summed E-state index contributed by atoms with van der Waals surface area (Å²) in [6.45, 7) is 5.00. The van der Waals surface area contributed by atoms with Gasteiger partial charge >= 0.3 is 0 Å². The highest BCUT2D eigenvalue weighted by Crippen LogP contribution is 2.23. The SMILES string of the molecule is CCCNS(=O)(=O)Nc1ccc(OCC)c(CN)c1. The van der Waals surface area contributed by atoms with E-state index in [1.54, 1.807) is 18.2 Å². The lowest BCUT2D eigenvalue weighted by Gasteiger charge is -2.12. The number of nitrogens with one attached hydrogen (secondary N) is 2. The summed E-state index contributed by atoms with van der Waals surface area (Å²) in [4.78, 5) is 0. The van der Waals surface area contributed by atoms with Gasteiger partial charge in [-0.05, 0) is 31.5 Å². The van der Waals surface area contributed by atoms with Gasteiger partial charge in [-0.25, -0.2) is 0 Å². The Balaban J connectivity index is 2.85. The lowest BCUT2D eigenvalue weighted by molar-refractivity contribution is 0.336. The summed E-state index contributed by atoms with van der Waals surface area (Å²) < 4.78 is 33.7. The predicted octanol–water partition coefficient (Wildman–Crippen LogP) is 1.20. The largest absolute Gasteiger partial charge is 0.494 e. The number of hydrogen-bond acceptors (Lipinski definition) is 4. The van der Waals surface area contributed by atoms with E-state index in [0.717, 1.165) is 12.0 Å². The van der Waals surface area contributed by atoms with E-state index in [9.17, 15) is 8.42 Å². The maximum absolute atomic E-state index is 11.7. The molecule has 0 heterocycles. The van der Waals surface area contributed by atoms with Gasteiger partial charge in [0.1, 0.15) is 5.75 Å². The van der Waals surface area contributed by atoms with Crippen molar-refractivity contribution in [3.8, 4) is 5.75 Å². The molecule has 0 aliphatic heterocycles. The van der Waals surface area contributed by atoms with Crippen molar-refractivity contribution < 1.29 is 13.2 Å². The van der Waals surface area contributed by atoms with Crippen LogP contribution in [0.25, 0.3) is 0 Å². The van der Waals surface area contributed by atoms with Crippen LogP contribution in [0.1, 0.15) is 25.8 Å². The van der Waals surface area contributed by atoms with Gasteiger partial charge in [-0.2, -0.15) is 13.1 Å². The Morgan fingerprint density at radius 1 is 1.32 bits per heavy atom. The minimum Gasteiger partial charge on any atom is -0.494 e. The first-order valence-corrected chi connectivity index (χ1v) is 7.74. The van der Waals surface area contributed by atoms with Crippen LogP contribution < -0.4 is 19.9 Å². The van der Waals surface area contributed by atoms with E-state index in [4.69, 9.17) is 10.5 Å². The molecule has 0 aliphatic rings. The van der Waals surface area contributed by atoms with Crippen molar-refractivity contribution >= 4 is 15.9 Å². The van der Waals surface area contributed by atoms with Gasteiger partial charge in [0.05, 0.1) is 12.3 Å². The van der Waals surface area contributed by atoms with Crippen molar-refractivity contribution in [2.24, 2.45) is 5.73 Å². The molecular weight excluding hydrogens is 266 g/mol. The van der Waals surface area contributed by atoms with Gasteiger partial charge in [-0.3, -0.25) is 4.72 Å². The molecule has 1 rings (SSSR count). The van der Waals surface area contributed by atoms with Crippen LogP contribution in [-0.4, -0.2) is 21.6 Å². The highest BCUT2D eigenvalue weighted by molar-refractivity contribution is 7.90. The smallest absolute Gasteiger partial charge is 0.299 e. The summed E-state index contributed by atoms with van der Waals surface area (Å²) in [6.07, 6.45) is 0.734. The second-order valence-electron chi connectivity index (χ2n) is 3.96. The highest BCUT2D eigenvalue weighted by Gasteiger charge is 2.10. The van der Waals surface area contributed by atoms with E-state index < -0.39 is 10.2 Å². The lowest BCUT2D eigenvalue weighted by Crippen LogP contribution is -2.30. The summed E-state index contributed by atoms with van der Waals surface area (Å²) in [5.74, 6) is 0.675. The summed E-state index contributed by atoms with van der Waals surface area (Å²) in [5, 5.41) is 0. The van der Waals surface area contributed by atoms with Crippen LogP contribution in [0.2, 0.25) is 0 Å². The second-order valence-corrected chi connectivity index (χ2v) is 5.46. The third-order valence-corrected chi connectivity index (χ3v) is 3.46. The zero-order valence-electron chi connectivity index (χ0n) is 11.3. The quantitative estimate of drug-likeness (QED) is 0.669. The number of anilines is 1. The Hall–Kier alpha value is -1.31. The number of hydrogen-bond donors (Lipinski definition) is 3. The summed E-state index contributed by atoms with van der Waals surface area (Å²) in [7, 11) is -3.53. The molecule has 1 aromatic rings. The van der Waals surface area contributed by atoms with Crippen LogP contribution in [0.15, 0.2) is 18.2 Å². The van der Waals surface area contributed by atoms with Crippen molar-refractivity contribution in [3.63, 3.8) is 0 Å². The molecule has 19 heavy (non-hydrogen) atoms. The molecule has 7 heteroatoms. The summed E-state index contributed by atoms with van der Waals surface area (Å²) in [5.41, 5.74) is 6.85. The van der Waals surface area contributed by atoms with E-state index in [-0.39, 0.29) is 6.54 Å². The van der Waals surface area contributed by atoms with Gasteiger partial charge in [-0.15, -0.1) is 0 Å². The molecule has 0 saturated heterocycles. The molecule has 0 fully saturated rings. The molecule has 0 aliphatic carbocycles. The van der Waals surface area contributed by atoms with Crippen molar-refractivity contribution in [1.29, 1.82) is 0 Å². The highest BCUT2D eigenvalue weighted by atomic mass is 32.2. The molecule has 0 spiro atoms.